The van der Waals surface area contributed by atoms with E-state index >= 15 is 0 Å². The third kappa shape index (κ3) is 4.35. The molecule has 0 nitrogen and oxygen atoms in total. The van der Waals surface area contributed by atoms with Gasteiger partial charge in [0.15, 0.2) is 0 Å². The molecule has 0 spiro atoms. The maximum absolute atomic E-state index is 3.90. The summed E-state index contributed by atoms with van der Waals surface area (Å²) in [6.07, 6.45) is 3.90. The van der Waals surface area contributed by atoms with E-state index in [1.807, 2.05) is 0 Å². The Balaban J connectivity index is 2.68. The van der Waals surface area contributed by atoms with E-state index < -0.39 is 0 Å². The van der Waals surface area contributed by atoms with E-state index in [0.29, 0.717) is 23.7 Å². The van der Waals surface area contributed by atoms with Crippen LogP contribution in [0.4, 0.5) is 0 Å². The first-order valence-electron chi connectivity index (χ1n) is 9.76. The Morgan fingerprint density at radius 2 is 0.720 bits per heavy atom. The molecule has 0 aliphatic heterocycles. The van der Waals surface area contributed by atoms with Gasteiger partial charge in [0.1, 0.15) is 0 Å². The summed E-state index contributed by atoms with van der Waals surface area (Å²) in [4.78, 5) is 0. The fraction of sp³-hybridized carbons (Fsp3) is 0.480. The van der Waals surface area contributed by atoms with Crippen molar-refractivity contribution in [2.24, 2.45) is 0 Å². The Bertz CT molecular complexity index is 588. The summed E-state index contributed by atoms with van der Waals surface area (Å²) >= 11 is 0. The molecule has 0 heterocycles. The van der Waals surface area contributed by atoms with Gasteiger partial charge >= 0.3 is 0 Å². The van der Waals surface area contributed by atoms with Gasteiger partial charge in [0, 0.05) is 0 Å². The minimum atomic E-state index is 0.495. The molecule has 2 aromatic rings. The molecule has 2 rings (SSSR count). The molecule has 0 atom stereocenters. The standard InChI is InChI=1S/C25H34/c1-16(2)20-11-9-12-21(17(3)4)24(20)15-25-22(18(5)6)13-10-14-23(25)19(7)8/h9-14,16-19H,1-8H3. The average Bonchev–Trinajstić information content (AvgIpc) is 2.54. The van der Waals surface area contributed by atoms with Gasteiger partial charge < -0.3 is 0 Å². The van der Waals surface area contributed by atoms with Crippen LogP contribution in [0.5, 0.6) is 0 Å². The number of hydrogen-bond acceptors (Lipinski definition) is 0. The molecule has 134 valence electrons. The van der Waals surface area contributed by atoms with Crippen LogP contribution in [0.2, 0.25) is 0 Å². The second-order valence-electron chi connectivity index (χ2n) is 8.37. The lowest BCUT2D eigenvalue weighted by Gasteiger charge is -2.24. The van der Waals surface area contributed by atoms with E-state index in [-0.39, 0.29) is 0 Å². The van der Waals surface area contributed by atoms with Crippen molar-refractivity contribution < 1.29 is 0 Å². The molecule has 0 N–H and O–H groups in total. The molecule has 0 saturated carbocycles. The topological polar surface area (TPSA) is 0 Å². The van der Waals surface area contributed by atoms with Crippen LogP contribution in [0, 0.1) is 6.42 Å². The van der Waals surface area contributed by atoms with E-state index in [1.165, 1.54) is 33.4 Å². The molecule has 2 radical (unpaired) electrons. The highest BCUT2D eigenvalue weighted by molar-refractivity contribution is 5.54. The molecule has 0 aliphatic rings. The summed E-state index contributed by atoms with van der Waals surface area (Å²) in [6.45, 7) is 18.2. The monoisotopic (exact) mass is 334 g/mol. The fourth-order valence-corrected chi connectivity index (χ4v) is 3.52. The molecule has 25 heavy (non-hydrogen) atoms. The summed E-state index contributed by atoms with van der Waals surface area (Å²) in [7, 11) is 0. The summed E-state index contributed by atoms with van der Waals surface area (Å²) in [6, 6.07) is 13.5. The maximum Gasteiger partial charge on any atom is 0.0513 e. The molecule has 0 aromatic heterocycles. The molecule has 0 saturated heterocycles. The lowest BCUT2D eigenvalue weighted by molar-refractivity contribution is 0.806. The van der Waals surface area contributed by atoms with Crippen molar-refractivity contribution >= 4 is 0 Å². The zero-order chi connectivity index (χ0) is 18.7. The SMILES string of the molecule is CC(C)c1cccc(C(C)C)c1[C]c1c(C(C)C)cccc1C(C)C. The van der Waals surface area contributed by atoms with Gasteiger partial charge in [-0.1, -0.05) is 91.8 Å². The number of benzene rings is 2. The highest BCUT2D eigenvalue weighted by Crippen LogP contribution is 2.36. The summed E-state index contributed by atoms with van der Waals surface area (Å²) in [5.41, 5.74) is 8.22. The first-order chi connectivity index (χ1) is 11.7. The largest absolute Gasteiger partial charge is 0.0617 e. The zero-order valence-corrected chi connectivity index (χ0v) is 17.3. The van der Waals surface area contributed by atoms with Crippen molar-refractivity contribution in [2.45, 2.75) is 79.1 Å². The minimum Gasteiger partial charge on any atom is -0.0617 e. The fourth-order valence-electron chi connectivity index (χ4n) is 3.52. The van der Waals surface area contributed by atoms with Crippen molar-refractivity contribution in [1.82, 2.24) is 0 Å². The molecule has 2 aromatic carbocycles. The Morgan fingerprint density at radius 1 is 0.480 bits per heavy atom. The lowest BCUT2D eigenvalue weighted by Crippen LogP contribution is -2.08. The van der Waals surface area contributed by atoms with E-state index in [2.05, 4.69) is 98.2 Å². The zero-order valence-electron chi connectivity index (χ0n) is 17.3. The second-order valence-corrected chi connectivity index (χ2v) is 8.37. The molecule has 0 aliphatic carbocycles. The molecule has 0 heteroatoms. The van der Waals surface area contributed by atoms with Crippen LogP contribution in [-0.2, 0) is 0 Å². The molecule has 0 unspecified atom stereocenters. The Hall–Kier alpha value is -1.56. The van der Waals surface area contributed by atoms with E-state index in [0.717, 1.165) is 0 Å². The molecule has 0 bridgehead atoms. The van der Waals surface area contributed by atoms with Gasteiger partial charge in [-0.25, -0.2) is 0 Å². The van der Waals surface area contributed by atoms with Gasteiger partial charge in [-0.05, 0) is 57.1 Å². The highest BCUT2D eigenvalue weighted by Gasteiger charge is 2.20. The van der Waals surface area contributed by atoms with Crippen LogP contribution in [0.15, 0.2) is 36.4 Å². The summed E-state index contributed by atoms with van der Waals surface area (Å²) in [5, 5.41) is 0. The van der Waals surface area contributed by atoms with Crippen LogP contribution in [0.25, 0.3) is 0 Å². The predicted octanol–water partition coefficient (Wildman–Crippen LogP) is 7.66. The third-order valence-electron chi connectivity index (χ3n) is 5.00. The van der Waals surface area contributed by atoms with E-state index in [9.17, 15) is 0 Å². The van der Waals surface area contributed by atoms with Crippen LogP contribution in [0.3, 0.4) is 0 Å². The molecule has 0 amide bonds. The van der Waals surface area contributed by atoms with E-state index in [4.69, 9.17) is 0 Å². The second kappa shape index (κ2) is 8.21. The Labute approximate surface area is 155 Å². The summed E-state index contributed by atoms with van der Waals surface area (Å²) in [5.74, 6) is 1.98. The van der Waals surface area contributed by atoms with Crippen LogP contribution >= 0.6 is 0 Å². The van der Waals surface area contributed by atoms with Crippen LogP contribution < -0.4 is 0 Å². The Morgan fingerprint density at radius 3 is 0.920 bits per heavy atom. The van der Waals surface area contributed by atoms with Crippen molar-refractivity contribution in [2.75, 3.05) is 0 Å². The average molecular weight is 335 g/mol. The smallest absolute Gasteiger partial charge is 0.0513 e. The van der Waals surface area contributed by atoms with Gasteiger partial charge in [0.05, 0.1) is 6.42 Å². The first-order valence-corrected chi connectivity index (χ1v) is 9.76. The van der Waals surface area contributed by atoms with Crippen molar-refractivity contribution in [3.05, 3.63) is 76.2 Å². The predicted molar refractivity (Wildman–Crippen MR) is 111 cm³/mol. The molecule has 0 fully saturated rings. The summed E-state index contributed by atoms with van der Waals surface area (Å²) < 4.78 is 0. The van der Waals surface area contributed by atoms with E-state index in [1.54, 1.807) is 0 Å². The first kappa shape index (κ1) is 19.8. The quantitative estimate of drug-likeness (QED) is 0.508. The van der Waals surface area contributed by atoms with Crippen molar-refractivity contribution in [1.29, 1.82) is 0 Å². The number of rotatable bonds is 6. The van der Waals surface area contributed by atoms with Gasteiger partial charge in [-0.2, -0.15) is 0 Å². The molecular weight excluding hydrogens is 300 g/mol. The van der Waals surface area contributed by atoms with Gasteiger partial charge in [0.2, 0.25) is 0 Å². The normalized spacial score (nSPS) is 12.0. The third-order valence-corrected chi connectivity index (χ3v) is 5.00. The van der Waals surface area contributed by atoms with Gasteiger partial charge in [-0.15, -0.1) is 0 Å². The minimum absolute atomic E-state index is 0.495. The highest BCUT2D eigenvalue weighted by atomic mass is 14.2. The number of hydrogen-bond donors (Lipinski definition) is 0. The van der Waals surface area contributed by atoms with Gasteiger partial charge in [0.25, 0.3) is 0 Å². The van der Waals surface area contributed by atoms with Crippen molar-refractivity contribution in [3.63, 3.8) is 0 Å². The van der Waals surface area contributed by atoms with Crippen LogP contribution in [0.1, 0.15) is 112 Å². The molecular formula is C25H34. The lowest BCUT2D eigenvalue weighted by atomic mass is 9.80. The van der Waals surface area contributed by atoms with Crippen LogP contribution in [-0.4, -0.2) is 0 Å². The van der Waals surface area contributed by atoms with Crippen molar-refractivity contribution in [3.8, 4) is 0 Å². The Kier molecular flexibility index (Phi) is 6.49. The van der Waals surface area contributed by atoms with Gasteiger partial charge in [-0.3, -0.25) is 0 Å². The maximum atomic E-state index is 3.90.